The number of aliphatic hydroxyl groups excluding tert-OH is 1. The van der Waals surface area contributed by atoms with Crippen molar-refractivity contribution in [1.29, 1.82) is 0 Å². The fraction of sp³-hybridized carbons (Fsp3) is 0.721. The molecule has 0 saturated carbocycles. The average molecular weight is 1200 g/mol. The van der Waals surface area contributed by atoms with Gasteiger partial charge in [-0.05, 0) is 5.53 Å². The largest absolute Gasteiger partial charge is 0.523 e. The van der Waals surface area contributed by atoms with E-state index in [1.165, 1.54) is 0 Å². The second-order valence-corrected chi connectivity index (χ2v) is 18.0. The van der Waals surface area contributed by atoms with Crippen molar-refractivity contribution in [2.75, 3.05) is 19.8 Å². The van der Waals surface area contributed by atoms with Crippen molar-refractivity contribution in [2.45, 2.75) is 181 Å². The van der Waals surface area contributed by atoms with Gasteiger partial charge in [0.15, 0.2) is 48.8 Å². The van der Waals surface area contributed by atoms with Crippen molar-refractivity contribution in [1.82, 2.24) is 0 Å². The Hall–Kier alpha value is -7.51. The number of nitrogens with zero attached hydrogens (tertiary/aromatic N) is 3. The summed E-state index contributed by atoms with van der Waals surface area (Å²) < 4.78 is 141. The molecule has 458 valence electrons. The summed E-state index contributed by atoms with van der Waals surface area (Å²) in [5.41, 5.74) is 2.87. The van der Waals surface area contributed by atoms with Gasteiger partial charge in [-0.1, -0.05) is 5.11 Å². The van der Waals surface area contributed by atoms with Crippen LogP contribution in [0.3, 0.4) is 0 Å². The molecule has 0 aromatic rings. The van der Waals surface area contributed by atoms with Crippen LogP contribution in [0, 0.1) is 0 Å². The summed E-state index contributed by atoms with van der Waals surface area (Å²) in [4.78, 5) is 138. The summed E-state index contributed by atoms with van der Waals surface area (Å²) >= 11 is 0. The molecule has 34 nitrogen and oxygen atoms in total. The molecule has 3 rings (SSSR count). The highest BCUT2D eigenvalue weighted by Gasteiger charge is 2.58. The Bertz CT molecular complexity index is 2440. The maximum Gasteiger partial charge on any atom is 0.523 e. The molecule has 0 amide bonds. The monoisotopic (exact) mass is 1200 g/mol. The van der Waals surface area contributed by atoms with Crippen molar-refractivity contribution in [2.24, 2.45) is 5.11 Å². The zero-order valence-electron chi connectivity index (χ0n) is 44.9. The number of esters is 12. The van der Waals surface area contributed by atoms with E-state index in [-0.39, 0.29) is 13.2 Å². The van der Waals surface area contributed by atoms with Gasteiger partial charge in [0.05, 0.1) is 0 Å². The predicted molar refractivity (Wildman–Crippen MR) is 243 cm³/mol. The summed E-state index contributed by atoms with van der Waals surface area (Å²) in [6.07, 6.45) is -22.1. The molecule has 0 radical (unpaired) electrons. The zero-order valence-corrected chi connectivity index (χ0v) is 45.7. The van der Waals surface area contributed by atoms with Gasteiger partial charge >= 0.3 is 87.3 Å². The van der Waals surface area contributed by atoms with E-state index in [2.05, 4.69) is 18.9 Å². The first-order valence-corrected chi connectivity index (χ1v) is 24.4. The third-order valence-corrected chi connectivity index (χ3v) is 10.6. The topological polar surface area (TPSA) is 456 Å². The number of azide groups is 1. The Morgan fingerprint density at radius 1 is 0.432 bits per heavy atom. The number of carbonyl (C=O) groups is 12. The van der Waals surface area contributed by atoms with Crippen LogP contribution in [0.15, 0.2) is 5.11 Å². The van der Waals surface area contributed by atoms with Crippen LogP contribution in [0.2, 0.25) is 0 Å². The number of halogens is 3. The van der Waals surface area contributed by atoms with Crippen molar-refractivity contribution in [3.8, 4) is 0 Å². The van der Waals surface area contributed by atoms with E-state index in [1.54, 1.807) is 0 Å². The molecule has 0 bridgehead atoms. The first-order valence-electron chi connectivity index (χ1n) is 22.9. The van der Waals surface area contributed by atoms with Crippen LogP contribution in [0.4, 0.5) is 13.2 Å². The van der Waals surface area contributed by atoms with Crippen LogP contribution >= 0.6 is 0 Å². The lowest BCUT2D eigenvalue weighted by Crippen LogP contribution is -2.63. The Labute approximate surface area is 456 Å². The Morgan fingerprint density at radius 2 is 0.716 bits per heavy atom. The third-order valence-electron chi connectivity index (χ3n) is 9.54. The minimum atomic E-state index is -6.32. The Morgan fingerprint density at radius 3 is 1.06 bits per heavy atom. The molecule has 0 aliphatic carbocycles. The Kier molecular flexibility index (Phi) is 28.8. The number of carbonyl (C=O) groups excluding carboxylic acids is 12. The number of rotatable bonds is 18. The fourth-order valence-electron chi connectivity index (χ4n) is 6.91. The highest BCUT2D eigenvalue weighted by atomic mass is 32.2. The van der Waals surface area contributed by atoms with Gasteiger partial charge in [0.25, 0.3) is 0 Å². The van der Waals surface area contributed by atoms with Gasteiger partial charge in [0.2, 0.25) is 18.9 Å². The average Bonchev–Trinajstić information content (AvgIpc) is 3.33. The molecule has 15 atom stereocenters. The molecule has 3 aliphatic rings. The number of ether oxygens (including phenoxy) is 15. The molecular formula is C43H58F3N3O31S. The maximum absolute atomic E-state index is 12.8. The summed E-state index contributed by atoms with van der Waals surface area (Å²) in [6.45, 7) is 11.0. The van der Waals surface area contributed by atoms with E-state index in [0.717, 1.165) is 83.1 Å². The van der Waals surface area contributed by atoms with Crippen LogP contribution in [-0.2, 0) is 143 Å². The van der Waals surface area contributed by atoms with E-state index < -0.39 is 186 Å². The van der Waals surface area contributed by atoms with Crippen molar-refractivity contribution >= 4 is 81.7 Å². The van der Waals surface area contributed by atoms with E-state index in [0.29, 0.717) is 0 Å². The van der Waals surface area contributed by atoms with Gasteiger partial charge in [0.1, 0.15) is 44.2 Å². The lowest BCUT2D eigenvalue weighted by atomic mass is 9.97. The van der Waals surface area contributed by atoms with Crippen molar-refractivity contribution < 1.29 is 159 Å². The molecule has 3 fully saturated rings. The fourth-order valence-corrected chi connectivity index (χ4v) is 7.51. The SMILES string of the molecule is CC(=O)OCC1O[C@H](OC(C)=O)C(N=[N+]=[N-])[C@@H](OC(C)=O)[C@@H]1OC(C)=O.CC(=O)OCC1O[C@H](OC(C)=O)C(O)[C@@H](OC(C)=O)[C@@H]1OC(C)=O.CC(=O)OCC1O[C@H](OC(C)=O)C(OS(=O)(=O)C(F)(F)F)[C@@H](OC(C)=O)[C@@H]1OC(C)=O. The molecule has 38 heteroatoms. The van der Waals surface area contributed by atoms with Crippen molar-refractivity contribution in [3.63, 3.8) is 0 Å². The maximum atomic E-state index is 12.8. The summed E-state index contributed by atoms with van der Waals surface area (Å²) in [6, 6.07) is -1.33. The van der Waals surface area contributed by atoms with E-state index >= 15 is 0 Å². The minimum absolute atomic E-state index is 0.366. The van der Waals surface area contributed by atoms with Gasteiger partial charge < -0.3 is 76.2 Å². The van der Waals surface area contributed by atoms with E-state index in [9.17, 15) is 84.2 Å². The molecule has 3 heterocycles. The van der Waals surface area contributed by atoms with Gasteiger partial charge in [0, 0.05) is 88.0 Å². The standard InChI is InChI=1S/C15H19F3O12S.C14H19N3O9.C14H20O10/c1-6(19)25-5-10-11(26-7(2)20)12(27-8(3)21)13(14(29-10)28-9(4)22)30-31(23,24)15(16,17)18;1-6(18)22-5-10-12(23-7(2)19)13(24-8(3)20)11(16-17-15)14(26-10)25-9(4)21;1-6(15)20-5-10-12(21-7(2)16)13(22-8(3)17)11(19)14(24-10)23-9(4)18/h10-14H,5H2,1-4H3;10-14H,5H2,1-4H3;10-14,19H,5H2,1-4H3/t10?,11-,12+,13?,14+;2*10?,11?,12-,13-,14+/m111/s1. The predicted octanol–water partition coefficient (Wildman–Crippen LogP) is -0.623. The molecule has 81 heavy (non-hydrogen) atoms. The normalized spacial score (nSPS) is 27.6. The van der Waals surface area contributed by atoms with Gasteiger partial charge in [-0.25, -0.2) is 4.18 Å². The van der Waals surface area contributed by atoms with Gasteiger partial charge in [-0.15, -0.1) is 0 Å². The first kappa shape index (κ1) is 71.5. The minimum Gasteiger partial charge on any atom is -0.463 e. The van der Waals surface area contributed by atoms with Crippen LogP contribution in [0.25, 0.3) is 10.4 Å². The number of alkyl halides is 3. The first-order chi connectivity index (χ1) is 37.3. The Balaban J connectivity index is 0.000000613. The molecular weight excluding hydrogens is 1140 g/mol. The smallest absolute Gasteiger partial charge is 0.463 e. The quantitative estimate of drug-likeness (QED) is 0.0340. The molecule has 0 aromatic heterocycles. The lowest BCUT2D eigenvalue weighted by molar-refractivity contribution is -0.297. The second kappa shape index (κ2) is 32.7. The summed E-state index contributed by atoms with van der Waals surface area (Å²) in [5, 5.41) is 13.7. The van der Waals surface area contributed by atoms with Crippen LogP contribution < -0.4 is 0 Å². The van der Waals surface area contributed by atoms with E-state index in [1.807, 2.05) is 0 Å². The zero-order chi connectivity index (χ0) is 62.4. The summed E-state index contributed by atoms with van der Waals surface area (Å²) in [5.74, 6) is -9.92. The van der Waals surface area contributed by atoms with Gasteiger partial charge in [-0.2, -0.15) is 21.6 Å². The molecule has 0 spiro atoms. The van der Waals surface area contributed by atoms with E-state index in [4.69, 9.17) is 71.8 Å². The number of aliphatic hydroxyl groups is 1. The van der Waals surface area contributed by atoms with Crippen molar-refractivity contribution in [3.05, 3.63) is 10.4 Å². The molecule has 0 aromatic carbocycles. The highest BCUT2D eigenvalue weighted by molar-refractivity contribution is 7.87. The van der Waals surface area contributed by atoms with Crippen LogP contribution in [0.5, 0.6) is 0 Å². The number of hydrogen-bond acceptors (Lipinski definition) is 32. The molecule has 6 unspecified atom stereocenters. The van der Waals surface area contributed by atoms with Crippen LogP contribution in [0.1, 0.15) is 83.1 Å². The summed E-state index contributed by atoms with van der Waals surface area (Å²) in [7, 11) is -6.32. The molecule has 3 aliphatic heterocycles. The van der Waals surface area contributed by atoms with Gasteiger partial charge in [-0.3, -0.25) is 57.5 Å². The third kappa shape index (κ3) is 24.8. The van der Waals surface area contributed by atoms with Crippen LogP contribution in [-0.4, -0.2) is 203 Å². The highest BCUT2D eigenvalue weighted by Crippen LogP contribution is 2.35. The molecule has 1 N–H and O–H groups in total. The lowest BCUT2D eigenvalue weighted by Gasteiger charge is -2.43. The number of hydrogen-bond donors (Lipinski definition) is 1. The molecule has 3 saturated heterocycles. The second-order valence-electron chi connectivity index (χ2n) is 16.5.